The van der Waals surface area contributed by atoms with E-state index in [0.717, 1.165) is 10.9 Å². The summed E-state index contributed by atoms with van der Waals surface area (Å²) in [6.07, 6.45) is 1.68. The van der Waals surface area contributed by atoms with Crippen molar-refractivity contribution in [3.05, 3.63) is 70.2 Å². The average Bonchev–Trinajstić information content (AvgIpc) is 2.89. The average molecular weight is 314 g/mol. The number of fused-ring (bicyclic) bond motifs is 1. The zero-order valence-corrected chi connectivity index (χ0v) is 12.5. The number of rotatable bonds is 5. The standard InChI is InChI=1S/C16H15FN4O2/c1-19(10-12-3-2-4-14(17)7-12)11-20-16-8-15(21(22)23)6-5-13(16)9-18-20/h2-9H,10-11H2,1H3. The van der Waals surface area contributed by atoms with Gasteiger partial charge in [-0.1, -0.05) is 12.1 Å². The number of halogens is 1. The highest BCUT2D eigenvalue weighted by Crippen LogP contribution is 2.21. The zero-order valence-electron chi connectivity index (χ0n) is 12.5. The SMILES string of the molecule is CN(Cc1cccc(F)c1)Cn1ncc2ccc([N+](=O)[O-])cc21. The second-order valence-corrected chi connectivity index (χ2v) is 5.43. The van der Waals surface area contributed by atoms with Crippen molar-refractivity contribution < 1.29 is 9.31 Å². The summed E-state index contributed by atoms with van der Waals surface area (Å²) in [5.41, 5.74) is 1.59. The lowest BCUT2D eigenvalue weighted by Gasteiger charge is -2.17. The van der Waals surface area contributed by atoms with Gasteiger partial charge in [-0.3, -0.25) is 19.7 Å². The Kier molecular flexibility index (Phi) is 4.03. The van der Waals surface area contributed by atoms with Gasteiger partial charge in [-0.05, 0) is 30.8 Å². The summed E-state index contributed by atoms with van der Waals surface area (Å²) >= 11 is 0. The number of aromatic nitrogens is 2. The second kappa shape index (κ2) is 6.13. The van der Waals surface area contributed by atoms with Crippen LogP contribution in [0.15, 0.2) is 48.7 Å². The molecule has 0 N–H and O–H groups in total. The third-order valence-electron chi connectivity index (χ3n) is 3.56. The Morgan fingerprint density at radius 1 is 1.30 bits per heavy atom. The molecule has 0 saturated carbocycles. The van der Waals surface area contributed by atoms with Crippen molar-refractivity contribution in [2.75, 3.05) is 7.05 Å². The number of hydrogen-bond acceptors (Lipinski definition) is 4. The third-order valence-corrected chi connectivity index (χ3v) is 3.56. The van der Waals surface area contributed by atoms with Crippen molar-refractivity contribution in [3.63, 3.8) is 0 Å². The molecule has 0 amide bonds. The molecule has 3 rings (SSSR count). The monoisotopic (exact) mass is 314 g/mol. The molecule has 0 saturated heterocycles. The van der Waals surface area contributed by atoms with Gasteiger partial charge in [0.05, 0.1) is 23.3 Å². The first-order chi connectivity index (χ1) is 11.0. The molecule has 0 aliphatic heterocycles. The van der Waals surface area contributed by atoms with E-state index >= 15 is 0 Å². The van der Waals surface area contributed by atoms with Crippen LogP contribution >= 0.6 is 0 Å². The van der Waals surface area contributed by atoms with Gasteiger partial charge >= 0.3 is 0 Å². The molecule has 0 spiro atoms. The van der Waals surface area contributed by atoms with Crippen molar-refractivity contribution in [2.24, 2.45) is 0 Å². The Balaban J connectivity index is 1.80. The van der Waals surface area contributed by atoms with E-state index in [2.05, 4.69) is 5.10 Å². The largest absolute Gasteiger partial charge is 0.283 e. The lowest BCUT2D eigenvalue weighted by molar-refractivity contribution is -0.384. The van der Waals surface area contributed by atoms with Gasteiger partial charge in [0.1, 0.15) is 5.82 Å². The molecule has 1 aromatic heterocycles. The molecule has 0 aliphatic rings. The Bertz CT molecular complexity index is 862. The van der Waals surface area contributed by atoms with E-state index in [1.807, 2.05) is 18.0 Å². The number of nitro benzene ring substituents is 1. The summed E-state index contributed by atoms with van der Waals surface area (Å²) in [5, 5.41) is 16.0. The summed E-state index contributed by atoms with van der Waals surface area (Å²) in [6.45, 7) is 0.995. The van der Waals surface area contributed by atoms with Crippen molar-refractivity contribution in [1.29, 1.82) is 0 Å². The molecule has 0 atom stereocenters. The summed E-state index contributed by atoms with van der Waals surface area (Å²) in [4.78, 5) is 12.4. The van der Waals surface area contributed by atoms with Crippen LogP contribution in [0.25, 0.3) is 10.9 Å². The summed E-state index contributed by atoms with van der Waals surface area (Å²) in [6, 6.07) is 11.1. The lowest BCUT2D eigenvalue weighted by Crippen LogP contribution is -2.22. The predicted octanol–water partition coefficient (Wildman–Crippen LogP) is 3.17. The molecule has 0 aliphatic carbocycles. The van der Waals surface area contributed by atoms with Crippen LogP contribution in [-0.4, -0.2) is 26.7 Å². The van der Waals surface area contributed by atoms with E-state index in [0.29, 0.717) is 18.7 Å². The van der Waals surface area contributed by atoms with Gasteiger partial charge in [-0.15, -0.1) is 0 Å². The molecule has 1 heterocycles. The molecule has 6 nitrogen and oxygen atoms in total. The fourth-order valence-corrected chi connectivity index (χ4v) is 2.51. The Morgan fingerprint density at radius 3 is 2.87 bits per heavy atom. The van der Waals surface area contributed by atoms with Crippen LogP contribution in [0, 0.1) is 15.9 Å². The number of nitro groups is 1. The molecular weight excluding hydrogens is 299 g/mol. The van der Waals surface area contributed by atoms with Crippen LogP contribution in [0.3, 0.4) is 0 Å². The molecule has 23 heavy (non-hydrogen) atoms. The molecule has 0 unspecified atom stereocenters. The molecule has 0 fully saturated rings. The Hall–Kier alpha value is -2.80. The van der Waals surface area contributed by atoms with Gasteiger partial charge in [-0.25, -0.2) is 4.39 Å². The smallest absolute Gasteiger partial charge is 0.271 e. The fourth-order valence-electron chi connectivity index (χ4n) is 2.51. The summed E-state index contributed by atoms with van der Waals surface area (Å²) < 4.78 is 14.9. The second-order valence-electron chi connectivity index (χ2n) is 5.43. The first-order valence-electron chi connectivity index (χ1n) is 7.06. The first-order valence-corrected chi connectivity index (χ1v) is 7.06. The summed E-state index contributed by atoms with van der Waals surface area (Å²) in [5.74, 6) is -0.268. The van der Waals surface area contributed by atoms with Crippen molar-refractivity contribution >= 4 is 16.6 Å². The number of nitrogens with zero attached hydrogens (tertiary/aromatic N) is 4. The summed E-state index contributed by atoms with van der Waals surface area (Å²) in [7, 11) is 1.88. The minimum atomic E-state index is -0.423. The first kappa shape index (κ1) is 15.1. The van der Waals surface area contributed by atoms with Gasteiger partial charge < -0.3 is 0 Å². The maximum atomic E-state index is 13.2. The van der Waals surface area contributed by atoms with Crippen molar-refractivity contribution in [2.45, 2.75) is 13.2 Å². The quantitative estimate of drug-likeness (QED) is 0.536. The van der Waals surface area contributed by atoms with Crippen LogP contribution in [0.4, 0.5) is 10.1 Å². The highest BCUT2D eigenvalue weighted by atomic mass is 19.1. The third kappa shape index (κ3) is 3.35. The minimum absolute atomic E-state index is 0.0343. The number of non-ortho nitro benzene ring substituents is 1. The maximum Gasteiger partial charge on any atom is 0.271 e. The van der Waals surface area contributed by atoms with E-state index in [1.165, 1.54) is 24.3 Å². The van der Waals surface area contributed by atoms with Crippen molar-refractivity contribution in [1.82, 2.24) is 14.7 Å². The molecule has 2 aromatic carbocycles. The molecule has 0 bridgehead atoms. The van der Waals surface area contributed by atoms with Gasteiger partial charge in [0.2, 0.25) is 0 Å². The molecule has 118 valence electrons. The lowest BCUT2D eigenvalue weighted by atomic mass is 10.2. The molecule has 7 heteroatoms. The maximum absolute atomic E-state index is 13.2. The van der Waals surface area contributed by atoms with E-state index < -0.39 is 4.92 Å². The van der Waals surface area contributed by atoms with Gasteiger partial charge in [-0.2, -0.15) is 5.10 Å². The van der Waals surface area contributed by atoms with Crippen LogP contribution in [0.5, 0.6) is 0 Å². The topological polar surface area (TPSA) is 64.2 Å². The van der Waals surface area contributed by atoms with Crippen LogP contribution in [-0.2, 0) is 13.2 Å². The number of benzene rings is 2. The van der Waals surface area contributed by atoms with Gasteiger partial charge in [0.15, 0.2) is 0 Å². The molecule has 0 radical (unpaired) electrons. The van der Waals surface area contributed by atoms with Crippen LogP contribution in [0.2, 0.25) is 0 Å². The van der Waals surface area contributed by atoms with E-state index in [9.17, 15) is 14.5 Å². The number of hydrogen-bond donors (Lipinski definition) is 0. The van der Waals surface area contributed by atoms with Gasteiger partial charge in [0.25, 0.3) is 5.69 Å². The van der Waals surface area contributed by atoms with Crippen LogP contribution < -0.4 is 0 Å². The zero-order chi connectivity index (χ0) is 16.4. The Morgan fingerprint density at radius 2 is 2.13 bits per heavy atom. The highest BCUT2D eigenvalue weighted by molar-refractivity contribution is 5.80. The van der Waals surface area contributed by atoms with E-state index in [-0.39, 0.29) is 11.5 Å². The minimum Gasteiger partial charge on any atom is -0.283 e. The fraction of sp³-hybridized carbons (Fsp3) is 0.188. The molecule has 3 aromatic rings. The highest BCUT2D eigenvalue weighted by Gasteiger charge is 2.11. The molecular formula is C16H15FN4O2. The van der Waals surface area contributed by atoms with E-state index in [1.54, 1.807) is 23.0 Å². The van der Waals surface area contributed by atoms with Crippen molar-refractivity contribution in [3.8, 4) is 0 Å². The van der Waals surface area contributed by atoms with Gasteiger partial charge in [0, 0.05) is 24.1 Å². The Labute approximate surface area is 131 Å². The normalized spacial score (nSPS) is 11.3. The van der Waals surface area contributed by atoms with E-state index in [4.69, 9.17) is 0 Å². The predicted molar refractivity (Wildman–Crippen MR) is 84.3 cm³/mol. The van der Waals surface area contributed by atoms with Crippen LogP contribution in [0.1, 0.15) is 5.56 Å².